The van der Waals surface area contributed by atoms with E-state index in [0.29, 0.717) is 18.7 Å². The highest BCUT2D eigenvalue weighted by Crippen LogP contribution is 2.37. The van der Waals surface area contributed by atoms with E-state index in [1.165, 1.54) is 12.1 Å². The van der Waals surface area contributed by atoms with Crippen molar-refractivity contribution in [2.75, 3.05) is 0 Å². The van der Waals surface area contributed by atoms with Gasteiger partial charge in [0, 0.05) is 11.5 Å². The van der Waals surface area contributed by atoms with Crippen molar-refractivity contribution in [1.82, 2.24) is 10.1 Å². The van der Waals surface area contributed by atoms with Crippen LogP contribution in [0.15, 0.2) is 28.8 Å². The van der Waals surface area contributed by atoms with Crippen LogP contribution in [-0.2, 0) is 6.18 Å². The predicted molar refractivity (Wildman–Crippen MR) is 62.7 cm³/mol. The van der Waals surface area contributed by atoms with Crippen LogP contribution < -0.4 is 0 Å². The number of nitrogens with zero attached hydrogens (tertiary/aromatic N) is 2. The molecule has 0 amide bonds. The smallest absolute Gasteiger partial charge is 0.393 e. The van der Waals surface area contributed by atoms with Gasteiger partial charge < -0.3 is 9.63 Å². The SMILES string of the molecule is OC1CC(c2nc(-c3cccc(C(F)(F)F)c3)no2)C1. The third-order valence-corrected chi connectivity index (χ3v) is 3.35. The van der Waals surface area contributed by atoms with Crippen molar-refractivity contribution in [3.05, 3.63) is 35.7 Å². The van der Waals surface area contributed by atoms with Crippen molar-refractivity contribution >= 4 is 0 Å². The molecule has 1 aliphatic rings. The molecule has 0 saturated heterocycles. The first-order valence-corrected chi connectivity index (χ1v) is 6.13. The van der Waals surface area contributed by atoms with E-state index in [2.05, 4.69) is 10.1 Å². The van der Waals surface area contributed by atoms with E-state index in [-0.39, 0.29) is 23.4 Å². The summed E-state index contributed by atoms with van der Waals surface area (Å²) in [5, 5.41) is 12.9. The lowest BCUT2D eigenvalue weighted by atomic mass is 9.82. The monoisotopic (exact) mass is 284 g/mol. The Morgan fingerprint density at radius 3 is 2.65 bits per heavy atom. The maximum absolute atomic E-state index is 12.6. The fourth-order valence-corrected chi connectivity index (χ4v) is 2.14. The van der Waals surface area contributed by atoms with Crippen LogP contribution in [-0.4, -0.2) is 21.4 Å². The standard InChI is InChI=1S/C13H11F3N2O2/c14-13(15,16)9-3-1-2-7(4-9)11-17-12(20-18-11)8-5-10(19)6-8/h1-4,8,10,19H,5-6H2. The quantitative estimate of drug-likeness (QED) is 0.921. The minimum atomic E-state index is -4.40. The summed E-state index contributed by atoms with van der Waals surface area (Å²) in [6, 6.07) is 4.79. The molecular formula is C13H11F3N2O2. The van der Waals surface area contributed by atoms with Gasteiger partial charge in [-0.1, -0.05) is 17.3 Å². The second-order valence-corrected chi connectivity index (χ2v) is 4.86. The van der Waals surface area contributed by atoms with E-state index in [9.17, 15) is 18.3 Å². The average molecular weight is 284 g/mol. The Balaban J connectivity index is 1.86. The zero-order valence-corrected chi connectivity index (χ0v) is 10.3. The van der Waals surface area contributed by atoms with E-state index >= 15 is 0 Å². The molecule has 0 spiro atoms. The van der Waals surface area contributed by atoms with Gasteiger partial charge in [0.2, 0.25) is 11.7 Å². The number of benzene rings is 1. The number of hydrogen-bond donors (Lipinski definition) is 1. The molecule has 1 saturated carbocycles. The van der Waals surface area contributed by atoms with Crippen molar-refractivity contribution < 1.29 is 22.8 Å². The molecule has 7 heteroatoms. The molecule has 106 valence electrons. The van der Waals surface area contributed by atoms with Gasteiger partial charge in [0.15, 0.2) is 0 Å². The lowest BCUT2D eigenvalue weighted by Gasteiger charge is -2.27. The molecule has 1 heterocycles. The van der Waals surface area contributed by atoms with Gasteiger partial charge in [-0.15, -0.1) is 0 Å². The van der Waals surface area contributed by atoms with Crippen LogP contribution in [0.4, 0.5) is 13.2 Å². The topological polar surface area (TPSA) is 59.2 Å². The van der Waals surface area contributed by atoms with Crippen LogP contribution in [0, 0.1) is 0 Å². The van der Waals surface area contributed by atoms with Gasteiger partial charge in [0.05, 0.1) is 11.7 Å². The van der Waals surface area contributed by atoms with Crippen LogP contribution in [0.5, 0.6) is 0 Å². The molecule has 0 radical (unpaired) electrons. The third kappa shape index (κ3) is 2.40. The second kappa shape index (κ2) is 4.59. The van der Waals surface area contributed by atoms with Crippen molar-refractivity contribution in [3.8, 4) is 11.4 Å². The van der Waals surface area contributed by atoms with Gasteiger partial charge in [0.1, 0.15) is 0 Å². The van der Waals surface area contributed by atoms with E-state index in [1.54, 1.807) is 0 Å². The molecule has 0 unspecified atom stereocenters. The molecule has 2 aromatic rings. The maximum atomic E-state index is 12.6. The molecular weight excluding hydrogens is 273 g/mol. The molecule has 1 aromatic heterocycles. The molecule has 0 atom stereocenters. The zero-order chi connectivity index (χ0) is 14.3. The molecule has 0 bridgehead atoms. The molecule has 1 N–H and O–H groups in total. The van der Waals surface area contributed by atoms with Crippen molar-refractivity contribution in [2.45, 2.75) is 31.0 Å². The predicted octanol–water partition coefficient (Wildman–Crippen LogP) is 2.99. The number of aromatic nitrogens is 2. The summed E-state index contributed by atoms with van der Waals surface area (Å²) in [6.07, 6.45) is -3.67. The van der Waals surface area contributed by atoms with Gasteiger partial charge in [-0.2, -0.15) is 18.2 Å². The summed E-state index contributed by atoms with van der Waals surface area (Å²) in [7, 11) is 0. The first kappa shape index (κ1) is 13.1. The van der Waals surface area contributed by atoms with Crippen LogP contribution in [0.1, 0.15) is 30.2 Å². The summed E-state index contributed by atoms with van der Waals surface area (Å²) in [5.74, 6) is 0.493. The van der Waals surface area contributed by atoms with Crippen LogP contribution in [0.3, 0.4) is 0 Å². The fourth-order valence-electron chi connectivity index (χ4n) is 2.14. The first-order valence-electron chi connectivity index (χ1n) is 6.13. The molecule has 1 aromatic carbocycles. The Morgan fingerprint density at radius 1 is 1.25 bits per heavy atom. The molecule has 20 heavy (non-hydrogen) atoms. The summed E-state index contributed by atoms with van der Waals surface area (Å²) in [4.78, 5) is 4.10. The van der Waals surface area contributed by atoms with E-state index in [1.807, 2.05) is 0 Å². The summed E-state index contributed by atoms with van der Waals surface area (Å²) >= 11 is 0. The zero-order valence-electron chi connectivity index (χ0n) is 10.3. The summed E-state index contributed by atoms with van der Waals surface area (Å²) in [5.41, 5.74) is -0.491. The van der Waals surface area contributed by atoms with Crippen molar-refractivity contribution in [2.24, 2.45) is 0 Å². The van der Waals surface area contributed by atoms with Gasteiger partial charge >= 0.3 is 6.18 Å². The Kier molecular flexibility index (Phi) is 3.01. The molecule has 1 aliphatic carbocycles. The maximum Gasteiger partial charge on any atom is 0.416 e. The first-order chi connectivity index (χ1) is 9.43. The highest BCUT2D eigenvalue weighted by Gasteiger charge is 2.34. The number of alkyl halides is 3. The second-order valence-electron chi connectivity index (χ2n) is 4.86. The Labute approximate surface area is 112 Å². The Hall–Kier alpha value is -1.89. The lowest BCUT2D eigenvalue weighted by molar-refractivity contribution is -0.137. The molecule has 0 aliphatic heterocycles. The number of halogens is 3. The van der Waals surface area contributed by atoms with Gasteiger partial charge in [-0.25, -0.2) is 0 Å². The lowest BCUT2D eigenvalue weighted by Crippen LogP contribution is -2.26. The van der Waals surface area contributed by atoms with E-state index in [4.69, 9.17) is 4.52 Å². The minimum Gasteiger partial charge on any atom is -0.393 e. The van der Waals surface area contributed by atoms with Crippen molar-refractivity contribution in [1.29, 1.82) is 0 Å². The van der Waals surface area contributed by atoms with Gasteiger partial charge in [-0.05, 0) is 25.0 Å². The molecule has 4 nitrogen and oxygen atoms in total. The van der Waals surface area contributed by atoms with Crippen LogP contribution in [0.2, 0.25) is 0 Å². The minimum absolute atomic E-state index is 0.00273. The molecule has 3 rings (SSSR count). The fraction of sp³-hybridized carbons (Fsp3) is 0.385. The van der Waals surface area contributed by atoms with Crippen molar-refractivity contribution in [3.63, 3.8) is 0 Å². The van der Waals surface area contributed by atoms with Gasteiger partial charge in [-0.3, -0.25) is 0 Å². The average Bonchev–Trinajstić information content (AvgIpc) is 2.83. The number of aliphatic hydroxyl groups is 1. The largest absolute Gasteiger partial charge is 0.416 e. The number of hydrogen-bond acceptors (Lipinski definition) is 4. The highest BCUT2D eigenvalue weighted by atomic mass is 19.4. The van der Waals surface area contributed by atoms with E-state index < -0.39 is 11.7 Å². The van der Waals surface area contributed by atoms with E-state index in [0.717, 1.165) is 12.1 Å². The number of aliphatic hydroxyl groups excluding tert-OH is 1. The number of rotatable bonds is 2. The summed E-state index contributed by atoms with van der Waals surface area (Å²) in [6.45, 7) is 0. The van der Waals surface area contributed by atoms with Crippen LogP contribution >= 0.6 is 0 Å². The third-order valence-electron chi connectivity index (χ3n) is 3.35. The summed E-state index contributed by atoms with van der Waals surface area (Å²) < 4.78 is 42.9. The van der Waals surface area contributed by atoms with Gasteiger partial charge in [0.25, 0.3) is 0 Å². The Morgan fingerprint density at radius 2 is 2.00 bits per heavy atom. The normalized spacial score (nSPS) is 22.6. The highest BCUT2D eigenvalue weighted by molar-refractivity contribution is 5.55. The van der Waals surface area contributed by atoms with Crippen LogP contribution in [0.25, 0.3) is 11.4 Å². The molecule has 1 fully saturated rings. The Bertz CT molecular complexity index is 618.